The third-order valence-electron chi connectivity index (χ3n) is 6.64. The van der Waals surface area contributed by atoms with Gasteiger partial charge in [-0.3, -0.25) is 4.90 Å². The minimum absolute atomic E-state index is 0.0728. The number of hydrogen-bond donors (Lipinski definition) is 1. The summed E-state index contributed by atoms with van der Waals surface area (Å²) in [6.45, 7) is 6.40. The highest BCUT2D eigenvalue weighted by molar-refractivity contribution is 6.30. The topological polar surface area (TPSA) is 35.6 Å². The molecule has 4 rings (SSSR count). The van der Waals surface area contributed by atoms with Crippen LogP contribution in [0, 0.1) is 5.82 Å². The zero-order chi connectivity index (χ0) is 24.6. The fourth-order valence-corrected chi connectivity index (χ4v) is 5.06. The molecule has 0 atom stereocenters. The van der Waals surface area contributed by atoms with Crippen LogP contribution in [0.4, 0.5) is 9.18 Å². The average Bonchev–Trinajstić information content (AvgIpc) is 2.86. The molecule has 1 N–H and O–H groups in total. The van der Waals surface area contributed by atoms with Gasteiger partial charge in [0.05, 0.1) is 0 Å². The summed E-state index contributed by atoms with van der Waals surface area (Å²) in [6, 6.07) is 22.9. The molecule has 3 aromatic carbocycles. The summed E-state index contributed by atoms with van der Waals surface area (Å²) in [4.78, 5) is 17.2. The maximum atomic E-state index is 13.2. The second-order valence-corrected chi connectivity index (χ2v) is 9.63. The molecule has 3 aromatic rings. The number of nitrogens with zero attached hydrogens (tertiary/aromatic N) is 2. The van der Waals surface area contributed by atoms with E-state index in [1.54, 1.807) is 0 Å². The molecule has 1 saturated heterocycles. The largest absolute Gasteiger partial charge is 0.338 e. The van der Waals surface area contributed by atoms with Crippen molar-refractivity contribution < 1.29 is 9.18 Å². The van der Waals surface area contributed by atoms with E-state index >= 15 is 0 Å². The minimum Gasteiger partial charge on any atom is -0.338 e. The number of urea groups is 1. The highest BCUT2D eigenvalue weighted by Crippen LogP contribution is 2.32. The van der Waals surface area contributed by atoms with E-state index in [2.05, 4.69) is 34.5 Å². The number of amides is 2. The molecule has 4 nitrogen and oxygen atoms in total. The van der Waals surface area contributed by atoms with E-state index in [9.17, 15) is 9.18 Å². The van der Waals surface area contributed by atoms with Crippen molar-refractivity contribution in [1.82, 2.24) is 15.1 Å². The molecule has 1 fully saturated rings. The number of piperidine rings is 1. The number of likely N-dealkylation sites (tertiary alicyclic amines) is 1. The average molecular weight is 494 g/mol. The van der Waals surface area contributed by atoms with Gasteiger partial charge >= 0.3 is 6.03 Å². The molecular weight excluding hydrogens is 461 g/mol. The molecule has 184 valence electrons. The van der Waals surface area contributed by atoms with Crippen molar-refractivity contribution in [1.29, 1.82) is 0 Å². The summed E-state index contributed by atoms with van der Waals surface area (Å²) in [5.41, 5.74) is 4.67. The van der Waals surface area contributed by atoms with Crippen LogP contribution in [0.2, 0.25) is 5.02 Å². The van der Waals surface area contributed by atoms with Crippen LogP contribution >= 0.6 is 11.6 Å². The summed E-state index contributed by atoms with van der Waals surface area (Å²) in [7, 11) is 0. The molecule has 0 radical (unpaired) electrons. The van der Waals surface area contributed by atoms with Crippen molar-refractivity contribution in [3.8, 4) is 0 Å². The van der Waals surface area contributed by atoms with Crippen LogP contribution in [-0.4, -0.2) is 35.5 Å². The van der Waals surface area contributed by atoms with Gasteiger partial charge in [0.25, 0.3) is 0 Å². The van der Waals surface area contributed by atoms with Gasteiger partial charge in [0, 0.05) is 31.2 Å². The van der Waals surface area contributed by atoms with Crippen LogP contribution in [0.25, 0.3) is 0 Å². The Balaban J connectivity index is 1.44. The summed E-state index contributed by atoms with van der Waals surface area (Å²) >= 11 is 6.19. The number of rotatable bonds is 8. The first-order chi connectivity index (χ1) is 17.0. The van der Waals surface area contributed by atoms with E-state index in [1.807, 2.05) is 48.2 Å². The lowest BCUT2D eigenvalue weighted by Crippen LogP contribution is -2.39. The third-order valence-corrected chi connectivity index (χ3v) is 6.88. The number of carbonyl (C=O) groups is 1. The maximum absolute atomic E-state index is 13.2. The number of hydrogen-bond acceptors (Lipinski definition) is 2. The lowest BCUT2D eigenvalue weighted by Gasteiger charge is -2.33. The van der Waals surface area contributed by atoms with Gasteiger partial charge in [-0.15, -0.1) is 0 Å². The van der Waals surface area contributed by atoms with Crippen molar-refractivity contribution in [2.24, 2.45) is 0 Å². The van der Waals surface area contributed by atoms with Gasteiger partial charge in [0.2, 0.25) is 0 Å². The van der Waals surface area contributed by atoms with E-state index in [0.29, 0.717) is 30.6 Å². The Morgan fingerprint density at radius 2 is 1.74 bits per heavy atom. The SMILES string of the molecule is CCNC(=O)N(Cc1cccc(Cl)c1)Cc1ccccc1C1CCN(Cc2ccc(F)cc2)CC1. The standard InChI is InChI=1S/C29H33ClFN3O/c1-2-32-29(35)34(20-23-6-5-8-26(30)18-23)21-25-7-3-4-9-28(25)24-14-16-33(17-15-24)19-22-10-12-27(31)13-11-22/h3-13,18,24H,2,14-17,19-21H2,1H3,(H,32,35). The normalized spacial score (nSPS) is 14.6. The third kappa shape index (κ3) is 7.06. The van der Waals surface area contributed by atoms with Crippen molar-refractivity contribution in [3.05, 3.63) is 106 Å². The van der Waals surface area contributed by atoms with E-state index < -0.39 is 0 Å². The van der Waals surface area contributed by atoms with Crippen molar-refractivity contribution in [2.45, 2.75) is 45.3 Å². The first kappa shape index (κ1) is 25.2. The number of benzene rings is 3. The second kappa shape index (κ2) is 12.2. The fraction of sp³-hybridized carbons (Fsp3) is 0.345. The molecule has 6 heteroatoms. The smallest absolute Gasteiger partial charge is 0.317 e. The quantitative estimate of drug-likeness (QED) is 0.384. The highest BCUT2D eigenvalue weighted by atomic mass is 35.5. The van der Waals surface area contributed by atoms with E-state index in [0.717, 1.165) is 43.6 Å². The van der Waals surface area contributed by atoms with Gasteiger partial charge in [0.15, 0.2) is 0 Å². The van der Waals surface area contributed by atoms with Crippen molar-refractivity contribution in [3.63, 3.8) is 0 Å². The molecule has 0 bridgehead atoms. The molecule has 35 heavy (non-hydrogen) atoms. The van der Waals surface area contributed by atoms with Gasteiger partial charge in [-0.25, -0.2) is 9.18 Å². The zero-order valence-corrected chi connectivity index (χ0v) is 21.0. The molecule has 0 aromatic heterocycles. The molecule has 1 heterocycles. The monoisotopic (exact) mass is 493 g/mol. The highest BCUT2D eigenvalue weighted by Gasteiger charge is 2.24. The van der Waals surface area contributed by atoms with Crippen LogP contribution in [0.3, 0.4) is 0 Å². The van der Waals surface area contributed by atoms with Crippen molar-refractivity contribution >= 4 is 17.6 Å². The van der Waals surface area contributed by atoms with E-state index in [-0.39, 0.29) is 11.8 Å². The maximum Gasteiger partial charge on any atom is 0.317 e. The zero-order valence-electron chi connectivity index (χ0n) is 20.2. The van der Waals surface area contributed by atoms with Gasteiger partial charge in [-0.2, -0.15) is 0 Å². The van der Waals surface area contributed by atoms with E-state index in [4.69, 9.17) is 11.6 Å². The van der Waals surface area contributed by atoms with Gasteiger partial charge in [0.1, 0.15) is 5.82 Å². The minimum atomic E-state index is -0.193. The second-order valence-electron chi connectivity index (χ2n) is 9.20. The summed E-state index contributed by atoms with van der Waals surface area (Å²) in [5.74, 6) is 0.263. The Morgan fingerprint density at radius 3 is 2.46 bits per heavy atom. The Morgan fingerprint density at radius 1 is 1.00 bits per heavy atom. The van der Waals surface area contributed by atoms with Crippen LogP contribution in [0.15, 0.2) is 72.8 Å². The lowest BCUT2D eigenvalue weighted by molar-refractivity contribution is 0.191. The molecule has 1 aliphatic heterocycles. The Labute approximate surface area is 212 Å². The van der Waals surface area contributed by atoms with Crippen LogP contribution in [0.5, 0.6) is 0 Å². The molecule has 1 aliphatic rings. The van der Waals surface area contributed by atoms with Crippen LogP contribution in [-0.2, 0) is 19.6 Å². The Hall–Kier alpha value is -2.89. The number of carbonyl (C=O) groups excluding carboxylic acids is 1. The Kier molecular flexibility index (Phi) is 8.78. The fourth-order valence-electron chi connectivity index (χ4n) is 4.85. The van der Waals surface area contributed by atoms with Gasteiger partial charge in [-0.1, -0.05) is 60.1 Å². The number of nitrogens with one attached hydrogen (secondary N) is 1. The lowest BCUT2D eigenvalue weighted by atomic mass is 9.86. The first-order valence-electron chi connectivity index (χ1n) is 12.3. The summed E-state index contributed by atoms with van der Waals surface area (Å²) in [6.07, 6.45) is 2.13. The predicted octanol–water partition coefficient (Wildman–Crippen LogP) is 6.59. The molecular formula is C29H33ClFN3O. The number of halogens is 2. The molecule has 0 saturated carbocycles. The molecule has 0 aliphatic carbocycles. The molecule has 0 spiro atoms. The van der Waals surface area contributed by atoms with Crippen LogP contribution < -0.4 is 5.32 Å². The van der Waals surface area contributed by atoms with E-state index in [1.165, 1.54) is 23.3 Å². The summed E-state index contributed by atoms with van der Waals surface area (Å²) < 4.78 is 13.2. The van der Waals surface area contributed by atoms with Gasteiger partial charge < -0.3 is 10.2 Å². The molecule has 0 unspecified atom stereocenters. The first-order valence-corrected chi connectivity index (χ1v) is 12.7. The summed E-state index contributed by atoms with van der Waals surface area (Å²) in [5, 5.41) is 3.63. The predicted molar refractivity (Wildman–Crippen MR) is 140 cm³/mol. The molecule has 2 amide bonds. The van der Waals surface area contributed by atoms with Gasteiger partial charge in [-0.05, 0) is 85.3 Å². The van der Waals surface area contributed by atoms with Crippen LogP contribution in [0.1, 0.15) is 47.9 Å². The Bertz CT molecular complexity index is 1110. The van der Waals surface area contributed by atoms with Crippen molar-refractivity contribution in [2.75, 3.05) is 19.6 Å².